The van der Waals surface area contributed by atoms with E-state index in [2.05, 4.69) is 10.6 Å². The lowest BCUT2D eigenvalue weighted by Crippen LogP contribution is -2.57. The quantitative estimate of drug-likeness (QED) is 0.817. The summed E-state index contributed by atoms with van der Waals surface area (Å²) in [5.41, 5.74) is -0.890. The predicted molar refractivity (Wildman–Crippen MR) is 76.0 cm³/mol. The van der Waals surface area contributed by atoms with E-state index < -0.39 is 23.0 Å². The van der Waals surface area contributed by atoms with Crippen molar-refractivity contribution < 1.29 is 18.4 Å². The molecular formula is C16H18F2N2O2. The fraction of sp³-hybridized carbons (Fsp3) is 0.500. The Bertz CT molecular complexity index is 614. The maximum absolute atomic E-state index is 14.4. The van der Waals surface area contributed by atoms with Gasteiger partial charge in [0, 0.05) is 18.1 Å². The maximum atomic E-state index is 14.4. The highest BCUT2D eigenvalue weighted by Crippen LogP contribution is 2.44. The van der Waals surface area contributed by atoms with Crippen LogP contribution in [0.3, 0.4) is 0 Å². The smallest absolute Gasteiger partial charge is 0.237 e. The summed E-state index contributed by atoms with van der Waals surface area (Å²) in [5.74, 6) is -2.25. The molecule has 2 aliphatic heterocycles. The third-order valence-electron chi connectivity index (χ3n) is 4.85. The second-order valence-corrected chi connectivity index (χ2v) is 6.00. The predicted octanol–water partition coefficient (Wildman–Crippen LogP) is 1.64. The van der Waals surface area contributed by atoms with Crippen molar-refractivity contribution >= 4 is 11.8 Å². The van der Waals surface area contributed by atoms with Crippen LogP contribution in [0.15, 0.2) is 18.2 Å². The molecule has 0 radical (unpaired) electrons. The van der Waals surface area contributed by atoms with Crippen LogP contribution in [0.2, 0.25) is 0 Å². The number of nitrogens with one attached hydrogen (secondary N) is 2. The molecule has 1 atom stereocenters. The van der Waals surface area contributed by atoms with E-state index in [0.29, 0.717) is 0 Å². The minimum atomic E-state index is -1.09. The molecule has 2 amide bonds. The van der Waals surface area contributed by atoms with Gasteiger partial charge in [0.25, 0.3) is 0 Å². The monoisotopic (exact) mass is 308 g/mol. The van der Waals surface area contributed by atoms with E-state index in [9.17, 15) is 18.4 Å². The molecule has 1 unspecified atom stereocenters. The second kappa shape index (κ2) is 5.76. The van der Waals surface area contributed by atoms with Gasteiger partial charge in [-0.05, 0) is 44.3 Å². The van der Waals surface area contributed by atoms with Crippen LogP contribution in [0.1, 0.15) is 31.2 Å². The van der Waals surface area contributed by atoms with E-state index in [1.165, 1.54) is 12.1 Å². The molecule has 2 fully saturated rings. The summed E-state index contributed by atoms with van der Waals surface area (Å²) in [6.07, 6.45) is 1.88. The molecule has 3 rings (SSSR count). The third-order valence-corrected chi connectivity index (χ3v) is 4.85. The number of carbonyl (C=O) groups is 2. The summed E-state index contributed by atoms with van der Waals surface area (Å²) < 4.78 is 27.6. The van der Waals surface area contributed by atoms with Gasteiger partial charge in [-0.15, -0.1) is 0 Å². The Hall–Kier alpha value is -1.82. The van der Waals surface area contributed by atoms with Crippen molar-refractivity contribution in [3.05, 3.63) is 35.4 Å². The summed E-state index contributed by atoms with van der Waals surface area (Å²) in [4.78, 5) is 24.2. The van der Waals surface area contributed by atoms with Crippen LogP contribution in [-0.4, -0.2) is 24.9 Å². The Morgan fingerprint density at radius 3 is 2.50 bits per heavy atom. The van der Waals surface area contributed by atoms with Crippen LogP contribution in [0.5, 0.6) is 0 Å². The van der Waals surface area contributed by atoms with Crippen LogP contribution in [0.4, 0.5) is 8.78 Å². The molecule has 6 heteroatoms. The van der Waals surface area contributed by atoms with E-state index in [1.54, 1.807) is 0 Å². The Morgan fingerprint density at radius 1 is 1.14 bits per heavy atom. The van der Waals surface area contributed by atoms with E-state index in [4.69, 9.17) is 0 Å². The van der Waals surface area contributed by atoms with Gasteiger partial charge < -0.3 is 5.32 Å². The van der Waals surface area contributed by atoms with E-state index in [-0.39, 0.29) is 30.2 Å². The standard InChI is InChI=1S/C16H18F2N2O2/c17-11-1-2-12(13(18)9-11)16(10-4-7-19-8-5-10)6-3-14(21)20-15(16)22/h1-2,9-10,19H,3-8H2,(H,20,21,22). The molecule has 0 aliphatic carbocycles. The number of halogens is 2. The Labute approximate surface area is 127 Å². The fourth-order valence-corrected chi connectivity index (χ4v) is 3.76. The van der Waals surface area contributed by atoms with Crippen molar-refractivity contribution in [3.8, 4) is 0 Å². The lowest BCUT2D eigenvalue weighted by Gasteiger charge is -2.44. The Morgan fingerprint density at radius 2 is 1.86 bits per heavy atom. The fourth-order valence-electron chi connectivity index (χ4n) is 3.76. The highest BCUT2D eigenvalue weighted by Gasteiger charge is 2.51. The number of benzene rings is 1. The summed E-state index contributed by atoms with van der Waals surface area (Å²) in [6.45, 7) is 1.49. The van der Waals surface area contributed by atoms with E-state index in [1.807, 2.05) is 0 Å². The zero-order chi connectivity index (χ0) is 15.7. The Balaban J connectivity index is 2.09. The van der Waals surface area contributed by atoms with Crippen molar-refractivity contribution in [2.75, 3.05) is 13.1 Å². The topological polar surface area (TPSA) is 58.2 Å². The normalized spacial score (nSPS) is 26.8. The van der Waals surface area contributed by atoms with Crippen molar-refractivity contribution in [2.24, 2.45) is 5.92 Å². The van der Waals surface area contributed by atoms with E-state index >= 15 is 0 Å². The summed E-state index contributed by atoms with van der Waals surface area (Å²) >= 11 is 0. The first kappa shape index (κ1) is 15.1. The average Bonchev–Trinajstić information content (AvgIpc) is 2.50. The van der Waals surface area contributed by atoms with Gasteiger partial charge in [0.1, 0.15) is 11.6 Å². The van der Waals surface area contributed by atoms with Crippen molar-refractivity contribution in [1.29, 1.82) is 0 Å². The minimum Gasteiger partial charge on any atom is -0.317 e. The third kappa shape index (κ3) is 2.41. The average molecular weight is 308 g/mol. The van der Waals surface area contributed by atoms with Crippen LogP contribution >= 0.6 is 0 Å². The number of amides is 2. The van der Waals surface area contributed by atoms with Gasteiger partial charge in [-0.25, -0.2) is 8.78 Å². The molecule has 2 heterocycles. The van der Waals surface area contributed by atoms with Gasteiger partial charge in [-0.1, -0.05) is 6.07 Å². The molecule has 1 aromatic carbocycles. The van der Waals surface area contributed by atoms with Gasteiger partial charge in [-0.3, -0.25) is 14.9 Å². The summed E-state index contributed by atoms with van der Waals surface area (Å²) in [7, 11) is 0. The van der Waals surface area contributed by atoms with Gasteiger partial charge in [0.05, 0.1) is 5.41 Å². The minimum absolute atomic E-state index is 0.0678. The lowest BCUT2D eigenvalue weighted by molar-refractivity contribution is -0.140. The lowest BCUT2D eigenvalue weighted by atomic mass is 9.62. The number of carbonyl (C=O) groups excluding carboxylic acids is 2. The molecule has 2 aliphatic rings. The van der Waals surface area contributed by atoms with Gasteiger partial charge in [-0.2, -0.15) is 0 Å². The number of hydrogen-bond acceptors (Lipinski definition) is 3. The molecule has 4 nitrogen and oxygen atoms in total. The van der Waals surface area contributed by atoms with Crippen LogP contribution in [-0.2, 0) is 15.0 Å². The molecule has 0 saturated carbocycles. The molecule has 22 heavy (non-hydrogen) atoms. The molecule has 2 N–H and O–H groups in total. The number of rotatable bonds is 2. The molecule has 118 valence electrons. The van der Waals surface area contributed by atoms with Gasteiger partial charge in [0.15, 0.2) is 0 Å². The van der Waals surface area contributed by atoms with Crippen LogP contribution < -0.4 is 10.6 Å². The first-order valence-corrected chi connectivity index (χ1v) is 7.54. The van der Waals surface area contributed by atoms with Crippen molar-refractivity contribution in [2.45, 2.75) is 31.1 Å². The van der Waals surface area contributed by atoms with Gasteiger partial charge >= 0.3 is 0 Å². The summed E-state index contributed by atoms with van der Waals surface area (Å²) in [5, 5.41) is 5.57. The Kier molecular flexibility index (Phi) is 3.95. The highest BCUT2D eigenvalue weighted by atomic mass is 19.1. The molecule has 0 bridgehead atoms. The number of piperidine rings is 2. The maximum Gasteiger partial charge on any atom is 0.237 e. The molecule has 0 aromatic heterocycles. The zero-order valence-electron chi connectivity index (χ0n) is 12.1. The first-order chi connectivity index (χ1) is 10.5. The van der Waals surface area contributed by atoms with E-state index in [0.717, 1.165) is 32.0 Å². The van der Waals surface area contributed by atoms with Gasteiger partial charge in [0.2, 0.25) is 11.8 Å². The van der Waals surface area contributed by atoms with Crippen molar-refractivity contribution in [1.82, 2.24) is 10.6 Å². The van der Waals surface area contributed by atoms with Crippen LogP contribution in [0.25, 0.3) is 0 Å². The summed E-state index contributed by atoms with van der Waals surface area (Å²) in [6, 6.07) is 3.33. The van der Waals surface area contributed by atoms with Crippen LogP contribution in [0, 0.1) is 17.6 Å². The number of imide groups is 1. The molecule has 0 spiro atoms. The second-order valence-electron chi connectivity index (χ2n) is 6.00. The first-order valence-electron chi connectivity index (χ1n) is 7.54. The number of hydrogen-bond donors (Lipinski definition) is 2. The largest absolute Gasteiger partial charge is 0.317 e. The molecule has 1 aromatic rings. The molecule has 2 saturated heterocycles. The zero-order valence-corrected chi connectivity index (χ0v) is 12.1. The van der Waals surface area contributed by atoms with Crippen molar-refractivity contribution in [3.63, 3.8) is 0 Å². The SMILES string of the molecule is O=C1CCC(c2ccc(F)cc2F)(C2CCNCC2)C(=O)N1. The molecular weight excluding hydrogens is 290 g/mol. The highest BCUT2D eigenvalue weighted by molar-refractivity contribution is 6.03.